The standard InChI is InChI=1S/C31H28FNO2/c1-34-31-18-10-26-21-33(28-14-11-27(32)12-15-28)29(13-9-25(26)20-31)19-23-7-16-30(17-8-23)35-22-24-5-3-2-4-6-24/h2-8,11-12,14-21H,9-10,13,22H2,1H3. The third-order valence-corrected chi connectivity index (χ3v) is 6.30. The Bertz CT molecular complexity index is 1290. The van der Waals surface area contributed by atoms with E-state index in [1.54, 1.807) is 7.11 Å². The summed E-state index contributed by atoms with van der Waals surface area (Å²) in [6.07, 6.45) is 11.2. The van der Waals surface area contributed by atoms with Crippen LogP contribution in [0.5, 0.6) is 5.75 Å². The van der Waals surface area contributed by atoms with E-state index in [9.17, 15) is 4.39 Å². The van der Waals surface area contributed by atoms with E-state index in [4.69, 9.17) is 9.47 Å². The normalized spacial score (nSPS) is 16.6. The van der Waals surface area contributed by atoms with Gasteiger partial charge in [0.05, 0.1) is 7.11 Å². The predicted molar refractivity (Wildman–Crippen MR) is 139 cm³/mol. The van der Waals surface area contributed by atoms with Crippen LogP contribution in [0.25, 0.3) is 6.08 Å². The highest BCUT2D eigenvalue weighted by Gasteiger charge is 2.21. The summed E-state index contributed by atoms with van der Waals surface area (Å²) in [5.74, 6) is 1.51. The first kappa shape index (κ1) is 22.7. The first-order valence-electron chi connectivity index (χ1n) is 11.9. The second kappa shape index (κ2) is 10.5. The number of methoxy groups -OCH3 is 1. The van der Waals surface area contributed by atoms with Gasteiger partial charge in [-0.2, -0.15) is 0 Å². The minimum Gasteiger partial charge on any atom is -0.497 e. The molecule has 0 N–H and O–H groups in total. The van der Waals surface area contributed by atoms with Crippen LogP contribution in [-0.4, -0.2) is 7.11 Å². The van der Waals surface area contributed by atoms with Crippen LogP contribution in [0.4, 0.5) is 10.1 Å². The molecule has 0 radical (unpaired) electrons. The van der Waals surface area contributed by atoms with Crippen molar-refractivity contribution in [1.82, 2.24) is 0 Å². The van der Waals surface area contributed by atoms with Gasteiger partial charge in [0.2, 0.25) is 0 Å². The average Bonchev–Trinajstić information content (AvgIpc) is 3.08. The predicted octanol–water partition coefficient (Wildman–Crippen LogP) is 7.79. The summed E-state index contributed by atoms with van der Waals surface area (Å²) in [4.78, 5) is 2.18. The van der Waals surface area contributed by atoms with Crippen molar-refractivity contribution < 1.29 is 13.9 Å². The average molecular weight is 466 g/mol. The highest BCUT2D eigenvalue weighted by Crippen LogP contribution is 2.36. The maximum atomic E-state index is 13.6. The zero-order valence-corrected chi connectivity index (χ0v) is 19.8. The molecule has 0 unspecified atom stereocenters. The van der Waals surface area contributed by atoms with Gasteiger partial charge in [0.25, 0.3) is 0 Å². The number of nitrogens with zero attached hydrogens (tertiary/aromatic N) is 1. The third kappa shape index (κ3) is 5.55. The van der Waals surface area contributed by atoms with Crippen molar-refractivity contribution in [2.75, 3.05) is 12.0 Å². The molecule has 1 aliphatic carbocycles. The lowest BCUT2D eigenvalue weighted by Crippen LogP contribution is -2.15. The van der Waals surface area contributed by atoms with Crippen molar-refractivity contribution in [3.05, 3.63) is 137 Å². The van der Waals surface area contributed by atoms with Crippen LogP contribution in [0.15, 0.2) is 120 Å². The second-order valence-corrected chi connectivity index (χ2v) is 8.66. The topological polar surface area (TPSA) is 21.7 Å². The number of anilines is 1. The lowest BCUT2D eigenvalue weighted by atomic mass is 9.95. The van der Waals surface area contributed by atoms with Crippen LogP contribution in [0, 0.1) is 5.82 Å². The first-order chi connectivity index (χ1) is 17.2. The zero-order valence-electron chi connectivity index (χ0n) is 19.8. The van der Waals surface area contributed by atoms with Crippen molar-refractivity contribution in [1.29, 1.82) is 0 Å². The summed E-state index contributed by atoms with van der Waals surface area (Å²) in [5, 5.41) is 0. The molecule has 0 fully saturated rings. The van der Waals surface area contributed by atoms with E-state index in [-0.39, 0.29) is 5.82 Å². The van der Waals surface area contributed by atoms with E-state index < -0.39 is 0 Å². The summed E-state index contributed by atoms with van der Waals surface area (Å²) in [7, 11) is 1.71. The Morgan fingerprint density at radius 2 is 1.66 bits per heavy atom. The molecule has 0 aromatic heterocycles. The Kier molecular flexibility index (Phi) is 6.80. The van der Waals surface area contributed by atoms with Gasteiger partial charge in [-0.15, -0.1) is 0 Å². The Hall–Kier alpha value is -4.05. The molecule has 0 amide bonds. The van der Waals surface area contributed by atoms with Gasteiger partial charge in [-0.25, -0.2) is 4.39 Å². The molecule has 0 saturated carbocycles. The smallest absolute Gasteiger partial charge is 0.123 e. The lowest BCUT2D eigenvalue weighted by Gasteiger charge is -2.23. The van der Waals surface area contributed by atoms with E-state index in [2.05, 4.69) is 53.6 Å². The molecular formula is C31H28FNO2. The van der Waals surface area contributed by atoms with E-state index in [1.807, 2.05) is 42.5 Å². The molecule has 3 aromatic carbocycles. The fourth-order valence-electron chi connectivity index (χ4n) is 4.37. The summed E-state index contributed by atoms with van der Waals surface area (Å²) >= 11 is 0. The molecule has 176 valence electrons. The van der Waals surface area contributed by atoms with Gasteiger partial charge in [-0.1, -0.05) is 42.5 Å². The summed E-state index contributed by atoms with van der Waals surface area (Å²) in [6, 6.07) is 25.0. The molecule has 0 atom stereocenters. The molecule has 3 aromatic rings. The van der Waals surface area contributed by atoms with Crippen molar-refractivity contribution in [3.63, 3.8) is 0 Å². The van der Waals surface area contributed by atoms with Gasteiger partial charge < -0.3 is 14.4 Å². The lowest BCUT2D eigenvalue weighted by molar-refractivity contribution is 0.304. The molecule has 0 spiro atoms. The van der Waals surface area contributed by atoms with Crippen LogP contribution in [-0.2, 0) is 11.3 Å². The summed E-state index contributed by atoms with van der Waals surface area (Å²) in [6.45, 7) is 0.541. The monoisotopic (exact) mass is 465 g/mol. The van der Waals surface area contributed by atoms with E-state index in [1.165, 1.54) is 23.3 Å². The number of allylic oxidation sites excluding steroid dienone is 5. The molecule has 1 heterocycles. The van der Waals surface area contributed by atoms with Crippen LogP contribution in [0.2, 0.25) is 0 Å². The van der Waals surface area contributed by atoms with Gasteiger partial charge in [-0.3, -0.25) is 0 Å². The molecule has 0 saturated heterocycles. The molecule has 2 aliphatic rings. The largest absolute Gasteiger partial charge is 0.497 e. The minimum absolute atomic E-state index is 0.237. The SMILES string of the molecule is COC1=CCC2=CN(c3ccc(F)cc3)C(=Cc3ccc(OCc4ccccc4)cc3)CCC2=C1. The van der Waals surface area contributed by atoms with Gasteiger partial charge in [-0.05, 0) is 96.2 Å². The van der Waals surface area contributed by atoms with Crippen LogP contribution >= 0.6 is 0 Å². The number of fused-ring (bicyclic) bond motifs is 1. The van der Waals surface area contributed by atoms with Crippen molar-refractivity contribution >= 4 is 11.8 Å². The Labute approximate surface area is 206 Å². The fourth-order valence-corrected chi connectivity index (χ4v) is 4.37. The van der Waals surface area contributed by atoms with Gasteiger partial charge in [0.15, 0.2) is 0 Å². The first-order valence-corrected chi connectivity index (χ1v) is 11.9. The molecule has 5 rings (SSSR count). The zero-order chi connectivity index (χ0) is 24.0. The second-order valence-electron chi connectivity index (χ2n) is 8.66. The Morgan fingerprint density at radius 1 is 0.886 bits per heavy atom. The number of hydrogen-bond acceptors (Lipinski definition) is 3. The highest BCUT2D eigenvalue weighted by atomic mass is 19.1. The van der Waals surface area contributed by atoms with Gasteiger partial charge >= 0.3 is 0 Å². The quantitative estimate of drug-likeness (QED) is 0.371. The van der Waals surface area contributed by atoms with Crippen LogP contribution in [0.3, 0.4) is 0 Å². The van der Waals surface area contributed by atoms with E-state index >= 15 is 0 Å². The van der Waals surface area contributed by atoms with Crippen molar-refractivity contribution in [2.24, 2.45) is 0 Å². The summed E-state index contributed by atoms with van der Waals surface area (Å²) < 4.78 is 25.1. The molecular weight excluding hydrogens is 437 g/mol. The van der Waals surface area contributed by atoms with Crippen molar-refractivity contribution in [2.45, 2.75) is 25.9 Å². The number of hydrogen-bond donors (Lipinski definition) is 0. The molecule has 1 aliphatic heterocycles. The van der Waals surface area contributed by atoms with Crippen molar-refractivity contribution in [3.8, 4) is 5.75 Å². The molecule has 0 bridgehead atoms. The van der Waals surface area contributed by atoms with E-state index in [0.29, 0.717) is 6.61 Å². The molecule has 35 heavy (non-hydrogen) atoms. The van der Waals surface area contributed by atoms with Crippen LogP contribution in [0.1, 0.15) is 30.4 Å². The van der Waals surface area contributed by atoms with Gasteiger partial charge in [0, 0.05) is 17.6 Å². The number of ether oxygens (including phenoxy) is 2. The van der Waals surface area contributed by atoms with Gasteiger partial charge in [0.1, 0.15) is 23.9 Å². The number of benzene rings is 3. The minimum atomic E-state index is -0.237. The Morgan fingerprint density at radius 3 is 2.40 bits per heavy atom. The highest BCUT2D eigenvalue weighted by molar-refractivity contribution is 5.66. The Balaban J connectivity index is 1.41. The van der Waals surface area contributed by atoms with Crippen LogP contribution < -0.4 is 9.64 Å². The summed E-state index contributed by atoms with van der Waals surface area (Å²) in [5.41, 5.74) is 6.86. The van der Waals surface area contributed by atoms with E-state index in [0.717, 1.165) is 53.3 Å². The number of rotatable bonds is 6. The maximum absolute atomic E-state index is 13.6. The fraction of sp³-hybridized carbons (Fsp3) is 0.161. The third-order valence-electron chi connectivity index (χ3n) is 6.30. The molecule has 3 nitrogen and oxygen atoms in total. The molecule has 4 heteroatoms. The number of halogens is 1. The maximum Gasteiger partial charge on any atom is 0.123 e.